The van der Waals surface area contributed by atoms with Gasteiger partial charge in [0.15, 0.2) is 11.9 Å². The average molecular weight is 593 g/mol. The van der Waals surface area contributed by atoms with Crippen molar-refractivity contribution < 1.29 is 89.5 Å². The molecule has 20 heteroatoms. The Hall–Kier alpha value is -2.15. The molecule has 2 fully saturated rings. The fourth-order valence-corrected chi connectivity index (χ4v) is 3.62. The third kappa shape index (κ3) is 8.92. The first-order valence-electron chi connectivity index (χ1n) is 11.6. The molecule has 0 saturated carbocycles. The summed E-state index contributed by atoms with van der Waals surface area (Å²) in [5, 5.41) is 103. The molecule has 234 valence electrons. The van der Waals surface area contributed by atoms with Crippen molar-refractivity contribution in [1.29, 1.82) is 0 Å². The van der Waals surface area contributed by atoms with Crippen molar-refractivity contribution in [2.75, 3.05) is 26.4 Å². The number of rotatable bonds is 13. The van der Waals surface area contributed by atoms with Crippen LogP contribution in [0, 0.1) is 0 Å². The van der Waals surface area contributed by atoms with E-state index in [4.69, 9.17) is 50.8 Å². The number of aliphatic carboxylic acids is 3. The van der Waals surface area contributed by atoms with Crippen molar-refractivity contribution in [3.63, 3.8) is 0 Å². The Morgan fingerprint density at radius 2 is 1.40 bits per heavy atom. The molecular weight excluding hydrogens is 556 g/mol. The number of aliphatic hydroxyl groups is 8. The number of hydrogen-bond donors (Lipinski definition) is 13. The lowest BCUT2D eigenvalue weighted by molar-refractivity contribution is -0.386. The number of carbonyl (C=O) groups is 3. The molecule has 0 bridgehead atoms. The fraction of sp³-hybridized carbons (Fsp3) is 0.850. The summed E-state index contributed by atoms with van der Waals surface area (Å²) in [6.07, 6.45) is -15.9. The monoisotopic (exact) mass is 592 g/mol. The van der Waals surface area contributed by atoms with Gasteiger partial charge in [-0.25, -0.2) is 4.79 Å². The first-order chi connectivity index (χ1) is 18.5. The van der Waals surface area contributed by atoms with Gasteiger partial charge in [0, 0.05) is 6.54 Å². The van der Waals surface area contributed by atoms with Crippen molar-refractivity contribution >= 4 is 17.9 Å². The number of hydrogen-bond acceptors (Lipinski definition) is 17. The topological polar surface area (TPSA) is 363 Å². The molecule has 0 amide bonds. The highest BCUT2D eigenvalue weighted by Crippen LogP contribution is 2.36. The third-order valence-electron chi connectivity index (χ3n) is 5.87. The quantitative estimate of drug-likeness (QED) is 0.0882. The van der Waals surface area contributed by atoms with Crippen molar-refractivity contribution in [2.24, 2.45) is 11.5 Å². The van der Waals surface area contributed by atoms with Gasteiger partial charge in [-0.1, -0.05) is 0 Å². The summed E-state index contributed by atoms with van der Waals surface area (Å²) in [5.74, 6) is -7.16. The van der Waals surface area contributed by atoms with E-state index in [1.165, 1.54) is 0 Å². The molecule has 20 nitrogen and oxygen atoms in total. The first-order valence-corrected chi connectivity index (χ1v) is 11.6. The molecule has 2 heterocycles. The van der Waals surface area contributed by atoms with Crippen molar-refractivity contribution in [1.82, 2.24) is 0 Å². The van der Waals surface area contributed by atoms with Crippen LogP contribution in [0.5, 0.6) is 0 Å². The van der Waals surface area contributed by atoms with E-state index in [1.807, 2.05) is 0 Å². The van der Waals surface area contributed by atoms with Gasteiger partial charge in [-0.15, -0.1) is 0 Å². The third-order valence-corrected chi connectivity index (χ3v) is 5.87. The number of carboxylic acids is 3. The van der Waals surface area contributed by atoms with Crippen LogP contribution in [0.4, 0.5) is 0 Å². The van der Waals surface area contributed by atoms with Gasteiger partial charge in [0.05, 0.1) is 26.1 Å². The smallest absolute Gasteiger partial charge is 0.336 e. The second-order valence-corrected chi connectivity index (χ2v) is 8.96. The molecule has 2 saturated heterocycles. The Kier molecular flexibility index (Phi) is 13.6. The summed E-state index contributed by atoms with van der Waals surface area (Å²) >= 11 is 0. The highest BCUT2D eigenvalue weighted by Gasteiger charge is 2.59. The van der Waals surface area contributed by atoms with Gasteiger partial charge in [0.1, 0.15) is 55.6 Å². The summed E-state index contributed by atoms with van der Waals surface area (Å²) in [7, 11) is 0. The van der Waals surface area contributed by atoms with Crippen LogP contribution in [0.15, 0.2) is 0 Å². The lowest BCUT2D eigenvalue weighted by Gasteiger charge is -2.43. The van der Waals surface area contributed by atoms with E-state index in [0.29, 0.717) is 0 Å². The molecular formula is C20H36N2O18. The molecule has 0 radical (unpaired) electrons. The minimum Gasteiger partial charge on any atom is -0.481 e. The molecule has 2 aliphatic rings. The molecule has 2 aliphatic heterocycles. The lowest BCUT2D eigenvalue weighted by Crippen LogP contribution is -2.63. The molecule has 0 aromatic rings. The van der Waals surface area contributed by atoms with E-state index < -0.39 is 117 Å². The van der Waals surface area contributed by atoms with Gasteiger partial charge in [-0.2, -0.15) is 0 Å². The largest absolute Gasteiger partial charge is 0.481 e. The van der Waals surface area contributed by atoms with Crippen LogP contribution < -0.4 is 11.5 Å². The second-order valence-electron chi connectivity index (χ2n) is 8.96. The molecule has 15 N–H and O–H groups in total. The summed E-state index contributed by atoms with van der Waals surface area (Å²) in [5.41, 5.74) is 8.18. The van der Waals surface area contributed by atoms with E-state index in [0.717, 1.165) is 0 Å². The van der Waals surface area contributed by atoms with Crippen LogP contribution in [0.2, 0.25) is 0 Å². The summed E-state index contributed by atoms with van der Waals surface area (Å²) < 4.78 is 21.3. The zero-order valence-electron chi connectivity index (χ0n) is 20.9. The van der Waals surface area contributed by atoms with E-state index in [-0.39, 0.29) is 6.54 Å². The zero-order valence-corrected chi connectivity index (χ0v) is 20.9. The SMILES string of the molecule is NCC(N)OC[C@@]1(O[C@H]2O[C@H](CO)[C@@H](O)[C@H](O)[C@H]2O)O[C@H](CO)[C@@H](O)[C@@H]1O.O=C(O)CC(O)(CC(=O)O)C(=O)O. The van der Waals surface area contributed by atoms with E-state index >= 15 is 0 Å². The Morgan fingerprint density at radius 1 is 0.875 bits per heavy atom. The van der Waals surface area contributed by atoms with Crippen molar-refractivity contribution in [2.45, 2.75) is 79.5 Å². The van der Waals surface area contributed by atoms with Crippen LogP contribution in [0.1, 0.15) is 12.8 Å². The summed E-state index contributed by atoms with van der Waals surface area (Å²) in [6, 6.07) is 0. The minimum atomic E-state index is -2.74. The normalized spacial score (nSPS) is 35.0. The van der Waals surface area contributed by atoms with Gasteiger partial charge in [-0.3, -0.25) is 9.59 Å². The fourth-order valence-electron chi connectivity index (χ4n) is 3.62. The zero-order chi connectivity index (χ0) is 31.0. The number of carboxylic acid groups (broad SMARTS) is 3. The predicted octanol–water partition coefficient (Wildman–Crippen LogP) is -7.38. The average Bonchev–Trinajstić information content (AvgIpc) is 3.11. The van der Waals surface area contributed by atoms with Crippen LogP contribution >= 0.6 is 0 Å². The van der Waals surface area contributed by atoms with Gasteiger partial charge in [-0.05, 0) is 0 Å². The molecule has 0 spiro atoms. The van der Waals surface area contributed by atoms with Gasteiger partial charge in [0.25, 0.3) is 0 Å². The number of aliphatic hydroxyl groups excluding tert-OH is 7. The predicted molar refractivity (Wildman–Crippen MR) is 122 cm³/mol. The van der Waals surface area contributed by atoms with Crippen LogP contribution in [-0.4, -0.2) is 167 Å². The Bertz CT molecular complexity index is 830. The van der Waals surface area contributed by atoms with Crippen molar-refractivity contribution in [3.05, 3.63) is 0 Å². The number of nitrogens with two attached hydrogens (primary N) is 2. The van der Waals surface area contributed by atoms with Crippen LogP contribution in [0.25, 0.3) is 0 Å². The first kappa shape index (κ1) is 35.9. The second kappa shape index (κ2) is 15.2. The molecule has 0 aromatic carbocycles. The summed E-state index contributed by atoms with van der Waals surface area (Å²) in [4.78, 5) is 30.5. The standard InChI is InChI=1S/C14H28N2O11.C6H8O7/c15-1-7(16)24-4-14(12(23)9(20)6(3-18)26-14)27-13-11(22)10(21)8(19)5(2-17)25-13;7-3(8)1-6(13,5(11)12)2-4(9)10/h5-13,17-23H,1-4,15-16H2;13H,1-2H2,(H,7,8)(H,9,10)(H,11,12)/t5-,6-,7?,8-,9-,10+,11-,12+,13-,14+;/m1./s1. The number of ether oxygens (including phenoxy) is 4. The molecule has 0 aliphatic carbocycles. The Labute approximate surface area is 225 Å². The molecule has 10 atom stereocenters. The Balaban J connectivity index is 0.000000520. The van der Waals surface area contributed by atoms with Gasteiger partial charge in [0.2, 0.25) is 5.79 Å². The van der Waals surface area contributed by atoms with Crippen LogP contribution in [0.3, 0.4) is 0 Å². The van der Waals surface area contributed by atoms with E-state index in [9.17, 15) is 50.1 Å². The molecule has 1 unspecified atom stereocenters. The van der Waals surface area contributed by atoms with E-state index in [1.54, 1.807) is 0 Å². The maximum absolute atomic E-state index is 10.4. The van der Waals surface area contributed by atoms with Crippen LogP contribution in [-0.2, 0) is 33.3 Å². The maximum atomic E-state index is 10.4. The highest BCUT2D eigenvalue weighted by atomic mass is 16.8. The molecule has 0 aromatic heterocycles. The molecule has 2 rings (SSSR count). The highest BCUT2D eigenvalue weighted by molar-refractivity contribution is 5.88. The molecule has 40 heavy (non-hydrogen) atoms. The van der Waals surface area contributed by atoms with Gasteiger partial charge >= 0.3 is 17.9 Å². The lowest BCUT2D eigenvalue weighted by atomic mass is 9.96. The van der Waals surface area contributed by atoms with Gasteiger partial charge < -0.3 is 86.6 Å². The minimum absolute atomic E-state index is 0.0851. The van der Waals surface area contributed by atoms with Crippen molar-refractivity contribution in [3.8, 4) is 0 Å². The van der Waals surface area contributed by atoms with E-state index in [2.05, 4.69) is 0 Å². The Morgan fingerprint density at radius 3 is 1.80 bits per heavy atom. The summed E-state index contributed by atoms with van der Waals surface area (Å²) in [6.45, 7) is -2.02. The maximum Gasteiger partial charge on any atom is 0.336 e.